The number of primary amides is 1. The lowest BCUT2D eigenvalue weighted by molar-refractivity contribution is -0.131. The second kappa shape index (κ2) is 9.25. The van der Waals surface area contributed by atoms with Gasteiger partial charge in [0.05, 0.1) is 28.6 Å². The highest BCUT2D eigenvalue weighted by molar-refractivity contribution is 7.94. The minimum absolute atomic E-state index is 0.0534. The number of amides is 2. The molecule has 36 heavy (non-hydrogen) atoms. The summed E-state index contributed by atoms with van der Waals surface area (Å²) < 4.78 is 52.4. The molecule has 1 saturated heterocycles. The number of hydrogen-bond acceptors (Lipinski definition) is 8. The molecule has 3 rings (SSSR count). The molecule has 1 fully saturated rings. The molecule has 13 heteroatoms. The number of ketones is 1. The van der Waals surface area contributed by atoms with E-state index in [0.717, 1.165) is 12.3 Å². The van der Waals surface area contributed by atoms with Crippen LogP contribution in [-0.4, -0.2) is 69.1 Å². The summed E-state index contributed by atoms with van der Waals surface area (Å²) in [5.74, 6) is -3.75. The van der Waals surface area contributed by atoms with Crippen LogP contribution in [0.4, 0.5) is 11.4 Å². The van der Waals surface area contributed by atoms with E-state index in [4.69, 9.17) is 5.73 Å². The van der Waals surface area contributed by atoms with Gasteiger partial charge in [0.1, 0.15) is 5.92 Å². The molecule has 0 radical (unpaired) electrons. The Hall–Kier alpha value is -2.80. The molecular formula is C23H32N4O7S2. The Morgan fingerprint density at radius 3 is 2.33 bits per heavy atom. The third-order valence-corrected chi connectivity index (χ3v) is 8.76. The average Bonchev–Trinajstić information content (AvgIpc) is 2.94. The smallest absolute Gasteiger partial charge is 0.242 e. The number of nitrogens with one attached hydrogen (secondary N) is 1. The highest BCUT2D eigenvalue weighted by Crippen LogP contribution is 2.41. The van der Waals surface area contributed by atoms with Gasteiger partial charge < -0.3 is 10.6 Å². The Labute approximate surface area is 211 Å². The monoisotopic (exact) mass is 540 g/mol. The van der Waals surface area contributed by atoms with Crippen LogP contribution in [0.25, 0.3) is 0 Å². The van der Waals surface area contributed by atoms with E-state index in [9.17, 15) is 31.2 Å². The Kier molecular flexibility index (Phi) is 7.14. The molecule has 0 bridgehead atoms. The van der Waals surface area contributed by atoms with Gasteiger partial charge in [-0.25, -0.2) is 16.8 Å². The van der Waals surface area contributed by atoms with E-state index in [-0.39, 0.29) is 17.3 Å². The van der Waals surface area contributed by atoms with Crippen molar-refractivity contribution in [2.45, 2.75) is 57.2 Å². The number of likely N-dealkylation sites (tertiary alicyclic amines) is 1. The molecule has 198 valence electrons. The van der Waals surface area contributed by atoms with Gasteiger partial charge in [0.15, 0.2) is 20.9 Å². The number of aliphatic imine (C=N–C) groups is 1. The van der Waals surface area contributed by atoms with Crippen LogP contribution in [0.1, 0.15) is 41.0 Å². The van der Waals surface area contributed by atoms with E-state index < -0.39 is 70.7 Å². The number of benzene rings is 1. The quantitative estimate of drug-likeness (QED) is 0.490. The number of hydrogen-bond donors (Lipinski definition) is 2. The summed E-state index contributed by atoms with van der Waals surface area (Å²) in [5.41, 5.74) is 4.25. The van der Waals surface area contributed by atoms with Gasteiger partial charge >= 0.3 is 0 Å². The number of sulfonamides is 1. The highest BCUT2D eigenvalue weighted by Gasteiger charge is 2.57. The fourth-order valence-corrected chi connectivity index (χ4v) is 6.96. The van der Waals surface area contributed by atoms with Crippen LogP contribution in [0.2, 0.25) is 0 Å². The number of nitrogens with zero attached hydrogens (tertiary/aromatic N) is 2. The molecule has 2 heterocycles. The molecule has 0 saturated carbocycles. The number of carbonyl (C=O) groups is 3. The van der Waals surface area contributed by atoms with Gasteiger partial charge in [-0.2, -0.15) is 0 Å². The molecule has 11 nitrogen and oxygen atoms in total. The lowest BCUT2D eigenvalue weighted by Crippen LogP contribution is -2.49. The zero-order chi connectivity index (χ0) is 27.4. The summed E-state index contributed by atoms with van der Waals surface area (Å²) in [6.45, 7) is 9.69. The van der Waals surface area contributed by atoms with Gasteiger partial charge in [-0.1, -0.05) is 34.6 Å². The lowest BCUT2D eigenvalue weighted by Gasteiger charge is -2.34. The standard InChI is InChI=1S/C23H32N4O7S2/c1-12(2)9-10-27-20(23(3,4)5)18(28)16(22(27)30)17-19(21(24)29)36(33,34)15-11-13(26-35(6,31)32)7-8-14(15)25-17/h7-8,11-12,16,19-20,26H,9-10H2,1-6H3,(H2,24,29)/t16?,19?,20-/m1/s1. The predicted octanol–water partition coefficient (Wildman–Crippen LogP) is 1.26. The van der Waals surface area contributed by atoms with Crippen molar-refractivity contribution in [3.05, 3.63) is 18.2 Å². The lowest BCUT2D eigenvalue weighted by atomic mass is 9.81. The first-order valence-electron chi connectivity index (χ1n) is 11.4. The first-order valence-corrected chi connectivity index (χ1v) is 14.9. The topological polar surface area (TPSA) is 173 Å². The van der Waals surface area contributed by atoms with Crippen molar-refractivity contribution in [1.29, 1.82) is 0 Å². The molecule has 1 aromatic carbocycles. The summed E-state index contributed by atoms with van der Waals surface area (Å²) in [6.07, 6.45) is 1.53. The predicted molar refractivity (Wildman–Crippen MR) is 135 cm³/mol. The minimum atomic E-state index is -4.55. The van der Waals surface area contributed by atoms with E-state index in [1.54, 1.807) is 0 Å². The summed E-state index contributed by atoms with van der Waals surface area (Å²) in [6, 6.07) is 2.74. The molecule has 0 aliphatic carbocycles. The molecule has 3 N–H and O–H groups in total. The fourth-order valence-electron chi connectivity index (χ4n) is 4.64. The molecule has 3 atom stereocenters. The molecule has 2 aliphatic heterocycles. The van der Waals surface area contributed by atoms with Gasteiger partial charge in [0.25, 0.3) is 0 Å². The normalized spacial score (nSPS) is 24.0. The molecular weight excluding hydrogens is 508 g/mol. The molecule has 2 aliphatic rings. The van der Waals surface area contributed by atoms with Gasteiger partial charge in [0, 0.05) is 12.2 Å². The first kappa shape index (κ1) is 27.8. The van der Waals surface area contributed by atoms with E-state index >= 15 is 0 Å². The number of Topliss-reactive ketones (excluding diaryl/α,β-unsaturated/α-hetero) is 1. The Balaban J connectivity index is 2.19. The summed E-state index contributed by atoms with van der Waals surface area (Å²) in [7, 11) is -8.27. The summed E-state index contributed by atoms with van der Waals surface area (Å²) >= 11 is 0. The maximum Gasteiger partial charge on any atom is 0.242 e. The van der Waals surface area contributed by atoms with Crippen molar-refractivity contribution in [2.24, 2.45) is 28.0 Å². The van der Waals surface area contributed by atoms with Crippen LogP contribution < -0.4 is 10.5 Å². The largest absolute Gasteiger partial charge is 0.368 e. The Morgan fingerprint density at radius 1 is 1.22 bits per heavy atom. The zero-order valence-corrected chi connectivity index (χ0v) is 22.7. The van der Waals surface area contributed by atoms with Crippen molar-refractivity contribution >= 4 is 54.5 Å². The van der Waals surface area contributed by atoms with Crippen molar-refractivity contribution in [3.8, 4) is 0 Å². The first-order chi connectivity index (χ1) is 16.4. The van der Waals surface area contributed by atoms with Crippen LogP contribution in [0.15, 0.2) is 28.1 Å². The molecule has 2 unspecified atom stereocenters. The maximum atomic E-state index is 13.7. The highest BCUT2D eigenvalue weighted by atomic mass is 32.2. The average molecular weight is 541 g/mol. The number of carbonyl (C=O) groups excluding carboxylic acids is 3. The van der Waals surface area contributed by atoms with Gasteiger partial charge in [-0.05, 0) is 36.0 Å². The van der Waals surface area contributed by atoms with Crippen molar-refractivity contribution in [3.63, 3.8) is 0 Å². The van der Waals surface area contributed by atoms with E-state index in [2.05, 4.69) is 9.71 Å². The number of sulfone groups is 1. The second-order valence-electron chi connectivity index (χ2n) is 10.7. The van der Waals surface area contributed by atoms with Crippen molar-refractivity contribution < 1.29 is 31.2 Å². The van der Waals surface area contributed by atoms with Crippen LogP contribution in [0, 0.1) is 17.3 Å². The Bertz CT molecular complexity index is 1360. The van der Waals surface area contributed by atoms with Crippen LogP contribution in [-0.2, 0) is 34.2 Å². The van der Waals surface area contributed by atoms with Crippen LogP contribution in [0.3, 0.4) is 0 Å². The Morgan fingerprint density at radius 2 is 1.83 bits per heavy atom. The number of fused-ring (bicyclic) bond motifs is 1. The van der Waals surface area contributed by atoms with Gasteiger partial charge in [0.2, 0.25) is 21.8 Å². The molecule has 1 aromatic rings. The maximum absolute atomic E-state index is 13.7. The van der Waals surface area contributed by atoms with E-state index in [0.29, 0.717) is 13.0 Å². The summed E-state index contributed by atoms with van der Waals surface area (Å²) in [5, 5.41) is -2.05. The summed E-state index contributed by atoms with van der Waals surface area (Å²) in [4.78, 5) is 45.0. The third kappa shape index (κ3) is 5.17. The fraction of sp³-hybridized carbons (Fsp3) is 0.565. The third-order valence-electron chi connectivity index (χ3n) is 6.12. The van der Waals surface area contributed by atoms with Crippen molar-refractivity contribution in [1.82, 2.24) is 4.90 Å². The van der Waals surface area contributed by atoms with Crippen LogP contribution >= 0.6 is 0 Å². The van der Waals surface area contributed by atoms with Gasteiger partial charge in [-0.3, -0.25) is 24.1 Å². The number of anilines is 1. The SMILES string of the molecule is CC(C)CCN1C(=O)C(C2=Nc3ccc(NS(C)(=O)=O)cc3S(=O)(=O)C2C(N)=O)C(=O)[C@@H]1C(C)(C)C. The van der Waals surface area contributed by atoms with E-state index in [1.807, 2.05) is 34.6 Å². The van der Waals surface area contributed by atoms with Crippen LogP contribution in [0.5, 0.6) is 0 Å². The number of nitrogens with two attached hydrogens (primary N) is 1. The van der Waals surface area contributed by atoms with Crippen molar-refractivity contribution in [2.75, 3.05) is 17.5 Å². The zero-order valence-electron chi connectivity index (χ0n) is 21.1. The molecule has 0 aromatic heterocycles. The van der Waals surface area contributed by atoms with E-state index in [1.165, 1.54) is 17.0 Å². The van der Waals surface area contributed by atoms with Gasteiger partial charge in [-0.15, -0.1) is 0 Å². The second-order valence-corrected chi connectivity index (χ2v) is 14.5. The minimum Gasteiger partial charge on any atom is -0.368 e. The molecule has 2 amide bonds. The molecule has 0 spiro atoms. The number of rotatable bonds is 7.